The molecule has 2 aliphatic rings. The molecule has 2 saturated heterocycles. The molecule has 6 nitrogen and oxygen atoms in total. The Hall–Kier alpha value is -1.24. The molecule has 0 aliphatic carbocycles. The topological polar surface area (TPSA) is 50.7 Å². The quantitative estimate of drug-likeness (QED) is 0.837. The van der Waals surface area contributed by atoms with Crippen LogP contribution in [0.1, 0.15) is 52.2 Å². The summed E-state index contributed by atoms with van der Waals surface area (Å²) in [4.78, 5) is 14.4. The van der Waals surface area contributed by atoms with E-state index in [1.165, 1.54) is 0 Å². The molecule has 3 rings (SSSR count). The second-order valence-electron chi connectivity index (χ2n) is 7.78. The Balaban J connectivity index is 1.81. The van der Waals surface area contributed by atoms with Crippen molar-refractivity contribution in [2.45, 2.75) is 72.0 Å². The summed E-state index contributed by atoms with van der Waals surface area (Å²) in [6.07, 6.45) is 0.939. The van der Waals surface area contributed by atoms with Crippen LogP contribution in [-0.2, 0) is 9.47 Å². The van der Waals surface area contributed by atoms with Gasteiger partial charge in [-0.25, -0.2) is 9.97 Å². The van der Waals surface area contributed by atoms with Gasteiger partial charge in [0, 0.05) is 37.9 Å². The monoisotopic (exact) mass is 348 g/mol. The van der Waals surface area contributed by atoms with Gasteiger partial charge in [-0.3, -0.25) is 4.90 Å². The van der Waals surface area contributed by atoms with Gasteiger partial charge in [0.2, 0.25) is 0 Å². The van der Waals surface area contributed by atoms with Crippen molar-refractivity contribution in [1.29, 1.82) is 0 Å². The van der Waals surface area contributed by atoms with Gasteiger partial charge in [0.1, 0.15) is 11.6 Å². The first-order valence-corrected chi connectivity index (χ1v) is 9.47. The van der Waals surface area contributed by atoms with Gasteiger partial charge in [-0.15, -0.1) is 0 Å². The predicted octanol–water partition coefficient (Wildman–Crippen LogP) is 2.57. The number of aromatic nitrogens is 2. The third-order valence-electron chi connectivity index (χ3n) is 4.97. The third kappa shape index (κ3) is 4.49. The van der Waals surface area contributed by atoms with Crippen molar-refractivity contribution in [2.75, 3.05) is 31.1 Å². The number of anilines is 1. The molecule has 1 aromatic rings. The lowest BCUT2D eigenvalue weighted by Crippen LogP contribution is -2.47. The maximum Gasteiger partial charge on any atom is 0.147 e. The summed E-state index contributed by atoms with van der Waals surface area (Å²) in [5.74, 6) is 1.92. The van der Waals surface area contributed by atoms with Crippen LogP contribution in [-0.4, -0.2) is 65.5 Å². The third-order valence-corrected chi connectivity index (χ3v) is 4.97. The number of aryl methyl sites for hydroxylation is 1. The highest BCUT2D eigenvalue weighted by atomic mass is 16.5. The molecule has 0 N–H and O–H groups in total. The predicted molar refractivity (Wildman–Crippen MR) is 99.0 cm³/mol. The standard InChI is InChI=1S/C19H32N4O2/c1-12-7-18(23-10-15(4)25-16(5)11-23)21-19(20-12)17(6)22-8-13(2)24-14(3)9-22/h7,13-17H,8-11H2,1-6H3. The number of morpholine rings is 2. The van der Waals surface area contributed by atoms with E-state index in [1.54, 1.807) is 0 Å². The first-order chi connectivity index (χ1) is 11.8. The Kier molecular flexibility index (Phi) is 5.61. The fourth-order valence-corrected chi connectivity index (χ4v) is 3.99. The minimum atomic E-state index is 0.184. The normalized spacial score (nSPS) is 32.6. The molecule has 2 aliphatic heterocycles. The van der Waals surface area contributed by atoms with Crippen LogP contribution in [0.3, 0.4) is 0 Å². The van der Waals surface area contributed by atoms with Crippen molar-refractivity contribution < 1.29 is 9.47 Å². The van der Waals surface area contributed by atoms with Crippen molar-refractivity contribution in [3.63, 3.8) is 0 Å². The van der Waals surface area contributed by atoms with Crippen LogP contribution in [0.15, 0.2) is 6.07 Å². The van der Waals surface area contributed by atoms with Gasteiger partial charge < -0.3 is 14.4 Å². The molecule has 140 valence electrons. The Morgan fingerprint density at radius 2 is 1.44 bits per heavy atom. The lowest BCUT2D eigenvalue weighted by atomic mass is 10.1. The Morgan fingerprint density at radius 3 is 2.00 bits per heavy atom. The molecule has 25 heavy (non-hydrogen) atoms. The number of nitrogens with zero attached hydrogens (tertiary/aromatic N) is 4. The van der Waals surface area contributed by atoms with Crippen molar-refractivity contribution in [3.05, 3.63) is 17.6 Å². The molecule has 1 aromatic heterocycles. The van der Waals surface area contributed by atoms with Crippen LogP contribution < -0.4 is 4.90 Å². The molecule has 2 fully saturated rings. The van der Waals surface area contributed by atoms with Crippen molar-refractivity contribution in [3.8, 4) is 0 Å². The van der Waals surface area contributed by atoms with Crippen LogP contribution in [0.5, 0.6) is 0 Å². The maximum atomic E-state index is 5.86. The molecule has 0 aromatic carbocycles. The van der Waals surface area contributed by atoms with Crippen molar-refractivity contribution in [1.82, 2.24) is 14.9 Å². The highest BCUT2D eigenvalue weighted by molar-refractivity contribution is 5.41. The molecular formula is C19H32N4O2. The van der Waals surface area contributed by atoms with Gasteiger partial charge in [0.05, 0.1) is 30.5 Å². The highest BCUT2D eigenvalue weighted by Crippen LogP contribution is 2.25. The molecule has 3 heterocycles. The van der Waals surface area contributed by atoms with Crippen LogP contribution >= 0.6 is 0 Å². The second kappa shape index (κ2) is 7.56. The maximum absolute atomic E-state index is 5.86. The summed E-state index contributed by atoms with van der Waals surface area (Å²) in [5.41, 5.74) is 1.02. The molecule has 5 unspecified atom stereocenters. The minimum Gasteiger partial charge on any atom is -0.373 e. The first-order valence-electron chi connectivity index (χ1n) is 9.47. The summed E-state index contributed by atoms with van der Waals surface area (Å²) in [6, 6.07) is 2.27. The van der Waals surface area contributed by atoms with E-state index in [0.29, 0.717) is 0 Å². The van der Waals surface area contributed by atoms with Crippen LogP contribution in [0.2, 0.25) is 0 Å². The summed E-state index contributed by atoms with van der Waals surface area (Å²) in [5, 5.41) is 0. The van der Waals surface area contributed by atoms with E-state index >= 15 is 0 Å². The SMILES string of the molecule is Cc1cc(N2CC(C)OC(C)C2)nc(C(C)N2CC(C)OC(C)C2)n1. The lowest BCUT2D eigenvalue weighted by molar-refractivity contribution is -0.0798. The van der Waals surface area contributed by atoms with Crippen molar-refractivity contribution >= 4 is 5.82 Å². The molecule has 0 radical (unpaired) electrons. The van der Waals surface area contributed by atoms with E-state index < -0.39 is 0 Å². The van der Waals surface area contributed by atoms with Gasteiger partial charge in [-0.05, 0) is 41.5 Å². The van der Waals surface area contributed by atoms with E-state index in [0.717, 1.165) is 43.5 Å². The summed E-state index contributed by atoms with van der Waals surface area (Å²) >= 11 is 0. The number of hydrogen-bond donors (Lipinski definition) is 0. The highest BCUT2D eigenvalue weighted by Gasteiger charge is 2.29. The smallest absolute Gasteiger partial charge is 0.147 e. The van der Waals surface area contributed by atoms with Gasteiger partial charge in [0.25, 0.3) is 0 Å². The molecule has 0 bridgehead atoms. The van der Waals surface area contributed by atoms with Gasteiger partial charge >= 0.3 is 0 Å². The van der Waals surface area contributed by atoms with Crippen LogP contribution in [0.25, 0.3) is 0 Å². The fraction of sp³-hybridized carbons (Fsp3) is 0.789. The zero-order chi connectivity index (χ0) is 18.1. The van der Waals surface area contributed by atoms with Crippen LogP contribution in [0, 0.1) is 6.92 Å². The van der Waals surface area contributed by atoms with E-state index in [4.69, 9.17) is 19.4 Å². The molecule has 0 saturated carbocycles. The summed E-state index contributed by atoms with van der Waals surface area (Å²) in [6.45, 7) is 16.4. The number of rotatable bonds is 3. The molecule has 0 spiro atoms. The zero-order valence-electron chi connectivity index (χ0n) is 16.4. The number of hydrogen-bond acceptors (Lipinski definition) is 6. The van der Waals surface area contributed by atoms with E-state index in [1.807, 2.05) is 0 Å². The molecule has 0 amide bonds. The van der Waals surface area contributed by atoms with Crippen LogP contribution in [0.4, 0.5) is 5.82 Å². The second-order valence-corrected chi connectivity index (χ2v) is 7.78. The van der Waals surface area contributed by atoms with E-state index in [9.17, 15) is 0 Å². The number of ether oxygens (including phenoxy) is 2. The largest absolute Gasteiger partial charge is 0.373 e. The van der Waals surface area contributed by atoms with Gasteiger partial charge in [-0.1, -0.05) is 0 Å². The van der Waals surface area contributed by atoms with Gasteiger partial charge in [-0.2, -0.15) is 0 Å². The molecular weight excluding hydrogens is 316 g/mol. The fourth-order valence-electron chi connectivity index (χ4n) is 3.99. The van der Waals surface area contributed by atoms with Crippen molar-refractivity contribution in [2.24, 2.45) is 0 Å². The molecule has 6 heteroatoms. The summed E-state index contributed by atoms with van der Waals surface area (Å²) in [7, 11) is 0. The van der Waals surface area contributed by atoms with E-state index in [-0.39, 0.29) is 30.5 Å². The average molecular weight is 348 g/mol. The van der Waals surface area contributed by atoms with Gasteiger partial charge in [0.15, 0.2) is 0 Å². The Bertz CT molecular complexity index is 577. The Labute approximate surface area is 151 Å². The first kappa shape index (κ1) is 18.5. The van der Waals surface area contributed by atoms with E-state index in [2.05, 4.69) is 57.4 Å². The Morgan fingerprint density at radius 1 is 0.920 bits per heavy atom. The minimum absolute atomic E-state index is 0.184. The average Bonchev–Trinajstić information content (AvgIpc) is 2.51. The molecule has 5 atom stereocenters. The zero-order valence-corrected chi connectivity index (χ0v) is 16.4. The summed E-state index contributed by atoms with van der Waals surface area (Å²) < 4.78 is 11.7. The lowest BCUT2D eigenvalue weighted by Gasteiger charge is -2.39.